The van der Waals surface area contributed by atoms with Crippen LogP contribution in [0.15, 0.2) is 0 Å². The maximum atomic E-state index is 5.50. The molecule has 0 spiro atoms. The van der Waals surface area contributed by atoms with Gasteiger partial charge in [0.25, 0.3) is 0 Å². The largest absolute Gasteiger partial charge is 0.330 e. The molecule has 0 saturated carbocycles. The van der Waals surface area contributed by atoms with Gasteiger partial charge in [-0.3, -0.25) is 0 Å². The summed E-state index contributed by atoms with van der Waals surface area (Å²) in [5.74, 6) is 4.05. The fourth-order valence-electron chi connectivity index (χ4n) is 0.672. The molecule has 0 saturated heterocycles. The van der Waals surface area contributed by atoms with E-state index in [2.05, 4.69) is 20.8 Å². The van der Waals surface area contributed by atoms with Crippen molar-refractivity contribution in [2.45, 2.75) is 27.2 Å². The minimum Gasteiger partial charge on any atom is -0.330 e. The highest BCUT2D eigenvalue weighted by molar-refractivity contribution is 7.99. The van der Waals surface area contributed by atoms with Crippen LogP contribution in [0.3, 0.4) is 0 Å². The average Bonchev–Trinajstić information content (AvgIpc) is 1.97. The van der Waals surface area contributed by atoms with Crippen molar-refractivity contribution >= 4 is 11.8 Å². The molecule has 11 heavy (non-hydrogen) atoms. The van der Waals surface area contributed by atoms with Crippen LogP contribution in [0.5, 0.6) is 0 Å². The fraction of sp³-hybridized carbons (Fsp3) is 1.00. The molecule has 0 rings (SSSR count). The number of nitrogens with two attached hydrogens (primary N) is 1. The molecule has 0 aliphatic heterocycles. The third-order valence-electron chi connectivity index (χ3n) is 1.64. The van der Waals surface area contributed by atoms with Gasteiger partial charge in [-0.05, 0) is 36.3 Å². The first-order chi connectivity index (χ1) is 5.16. The molecule has 2 N–H and O–H groups in total. The second kappa shape index (κ2) is 6.99. The first-order valence-electron chi connectivity index (χ1n) is 4.44. The summed E-state index contributed by atoms with van der Waals surface area (Å²) >= 11 is 2.03. The maximum absolute atomic E-state index is 5.50. The van der Waals surface area contributed by atoms with E-state index < -0.39 is 0 Å². The van der Waals surface area contributed by atoms with Crippen LogP contribution < -0.4 is 5.73 Å². The van der Waals surface area contributed by atoms with Gasteiger partial charge in [-0.15, -0.1) is 0 Å². The van der Waals surface area contributed by atoms with Gasteiger partial charge in [-0.2, -0.15) is 11.8 Å². The zero-order chi connectivity index (χ0) is 8.69. The van der Waals surface area contributed by atoms with Gasteiger partial charge in [-0.1, -0.05) is 20.8 Å². The van der Waals surface area contributed by atoms with Crippen LogP contribution in [0.25, 0.3) is 0 Å². The lowest BCUT2D eigenvalue weighted by Gasteiger charge is -2.08. The third-order valence-corrected chi connectivity index (χ3v) is 2.97. The highest BCUT2D eigenvalue weighted by Crippen LogP contribution is 2.11. The Labute approximate surface area is 75.1 Å². The van der Waals surface area contributed by atoms with E-state index in [0.29, 0.717) is 5.92 Å². The summed E-state index contributed by atoms with van der Waals surface area (Å²) in [6.07, 6.45) is 1.34. The minimum atomic E-state index is 0.687. The lowest BCUT2D eigenvalue weighted by molar-refractivity contribution is 0.629. The summed E-state index contributed by atoms with van der Waals surface area (Å²) < 4.78 is 0. The van der Waals surface area contributed by atoms with Crippen LogP contribution in [-0.2, 0) is 0 Å². The molecule has 0 aromatic rings. The van der Waals surface area contributed by atoms with E-state index in [9.17, 15) is 0 Å². The van der Waals surface area contributed by atoms with Crippen molar-refractivity contribution < 1.29 is 0 Å². The second-order valence-corrected chi connectivity index (χ2v) is 4.75. The first-order valence-corrected chi connectivity index (χ1v) is 5.60. The van der Waals surface area contributed by atoms with Gasteiger partial charge in [0, 0.05) is 0 Å². The van der Waals surface area contributed by atoms with Crippen molar-refractivity contribution in [3.05, 3.63) is 0 Å². The minimum absolute atomic E-state index is 0.687. The van der Waals surface area contributed by atoms with E-state index in [-0.39, 0.29) is 0 Å². The number of thioether (sulfide) groups is 1. The SMILES string of the molecule is CC(C)CCSCC(C)CN. The van der Waals surface area contributed by atoms with Gasteiger partial charge in [-0.25, -0.2) is 0 Å². The molecule has 0 bridgehead atoms. The molecule has 2 heteroatoms. The van der Waals surface area contributed by atoms with Crippen molar-refractivity contribution in [1.29, 1.82) is 0 Å². The highest BCUT2D eigenvalue weighted by atomic mass is 32.2. The number of hydrogen-bond donors (Lipinski definition) is 1. The summed E-state index contributed by atoms with van der Waals surface area (Å²) in [4.78, 5) is 0. The fourth-order valence-corrected chi connectivity index (χ4v) is 2.01. The summed E-state index contributed by atoms with van der Waals surface area (Å²) in [5, 5.41) is 0. The molecule has 1 unspecified atom stereocenters. The van der Waals surface area contributed by atoms with Crippen LogP contribution in [0, 0.1) is 11.8 Å². The molecule has 1 nitrogen and oxygen atoms in total. The lowest BCUT2D eigenvalue weighted by Crippen LogP contribution is -2.13. The van der Waals surface area contributed by atoms with Gasteiger partial charge >= 0.3 is 0 Å². The topological polar surface area (TPSA) is 26.0 Å². The van der Waals surface area contributed by atoms with Gasteiger partial charge < -0.3 is 5.73 Å². The Bertz CT molecular complexity index is 83.6. The Morgan fingerprint density at radius 2 is 1.91 bits per heavy atom. The summed E-state index contributed by atoms with van der Waals surface area (Å²) in [6, 6.07) is 0. The molecule has 0 aliphatic rings. The molecule has 0 aromatic carbocycles. The normalized spacial score (nSPS) is 13.9. The molecule has 0 aromatic heterocycles. The Morgan fingerprint density at radius 1 is 1.27 bits per heavy atom. The zero-order valence-corrected chi connectivity index (χ0v) is 8.79. The molecule has 0 heterocycles. The molecular formula is C9H21NS. The Morgan fingerprint density at radius 3 is 2.36 bits per heavy atom. The number of hydrogen-bond acceptors (Lipinski definition) is 2. The van der Waals surface area contributed by atoms with E-state index in [4.69, 9.17) is 5.73 Å². The van der Waals surface area contributed by atoms with Gasteiger partial charge in [0.2, 0.25) is 0 Å². The van der Waals surface area contributed by atoms with E-state index in [1.54, 1.807) is 0 Å². The standard InChI is InChI=1S/C9H21NS/c1-8(2)4-5-11-7-9(3)6-10/h8-9H,4-7,10H2,1-3H3. The highest BCUT2D eigenvalue weighted by Gasteiger charge is 1.99. The maximum Gasteiger partial charge on any atom is -0.00297 e. The van der Waals surface area contributed by atoms with Crippen molar-refractivity contribution in [1.82, 2.24) is 0 Å². The summed E-state index contributed by atoms with van der Waals surface area (Å²) in [7, 11) is 0. The Kier molecular flexibility index (Phi) is 7.18. The van der Waals surface area contributed by atoms with Crippen LogP contribution >= 0.6 is 11.8 Å². The van der Waals surface area contributed by atoms with Gasteiger partial charge in [0.15, 0.2) is 0 Å². The lowest BCUT2D eigenvalue weighted by atomic mass is 10.2. The van der Waals surface area contributed by atoms with Crippen LogP contribution in [0.2, 0.25) is 0 Å². The number of rotatable bonds is 6. The Balaban J connectivity index is 3.01. The van der Waals surface area contributed by atoms with Crippen LogP contribution in [0.1, 0.15) is 27.2 Å². The third kappa shape index (κ3) is 8.21. The van der Waals surface area contributed by atoms with Crippen LogP contribution in [0.4, 0.5) is 0 Å². The monoisotopic (exact) mass is 175 g/mol. The van der Waals surface area contributed by atoms with Crippen molar-refractivity contribution in [3.63, 3.8) is 0 Å². The Hall–Kier alpha value is 0.310. The van der Waals surface area contributed by atoms with Gasteiger partial charge in [0.05, 0.1) is 0 Å². The molecule has 0 fully saturated rings. The van der Waals surface area contributed by atoms with E-state index >= 15 is 0 Å². The quantitative estimate of drug-likeness (QED) is 0.627. The summed E-state index contributed by atoms with van der Waals surface area (Å²) in [6.45, 7) is 7.58. The molecule has 68 valence electrons. The van der Waals surface area contributed by atoms with Crippen molar-refractivity contribution in [3.8, 4) is 0 Å². The first kappa shape index (κ1) is 11.3. The molecular weight excluding hydrogens is 154 g/mol. The predicted octanol–water partition coefficient (Wildman–Crippen LogP) is 2.36. The van der Waals surface area contributed by atoms with E-state index in [1.807, 2.05) is 11.8 Å². The average molecular weight is 175 g/mol. The smallest absolute Gasteiger partial charge is 0.00297 e. The van der Waals surface area contributed by atoms with E-state index in [1.165, 1.54) is 17.9 Å². The molecule has 0 amide bonds. The summed E-state index contributed by atoms with van der Waals surface area (Å²) in [5.41, 5.74) is 5.50. The van der Waals surface area contributed by atoms with Gasteiger partial charge in [0.1, 0.15) is 0 Å². The molecule has 0 aliphatic carbocycles. The van der Waals surface area contributed by atoms with Crippen molar-refractivity contribution in [2.75, 3.05) is 18.1 Å². The van der Waals surface area contributed by atoms with Crippen molar-refractivity contribution in [2.24, 2.45) is 17.6 Å². The van der Waals surface area contributed by atoms with E-state index in [0.717, 1.165) is 12.5 Å². The second-order valence-electron chi connectivity index (χ2n) is 3.60. The zero-order valence-electron chi connectivity index (χ0n) is 7.97. The molecule has 1 atom stereocenters. The predicted molar refractivity (Wildman–Crippen MR) is 55.0 cm³/mol. The van der Waals surface area contributed by atoms with Crippen LogP contribution in [-0.4, -0.2) is 18.1 Å². The molecule has 0 radical (unpaired) electrons.